The van der Waals surface area contributed by atoms with E-state index >= 15 is 0 Å². The molecule has 200 valence electrons. The van der Waals surface area contributed by atoms with Gasteiger partial charge in [0.15, 0.2) is 0 Å². The Labute approximate surface area is 238 Å². The maximum Gasteiger partial charge on any atom is 0.206 e. The molecule has 0 heterocycles. The van der Waals surface area contributed by atoms with Gasteiger partial charge in [-0.1, -0.05) is 84.9 Å². The minimum Gasteiger partial charge on any atom is -0.279 e. The van der Waals surface area contributed by atoms with Gasteiger partial charge in [0.1, 0.15) is 0 Å². The van der Waals surface area contributed by atoms with E-state index in [4.69, 9.17) is 0 Å². The number of nitrogens with zero attached hydrogens (tertiary/aromatic N) is 2. The van der Waals surface area contributed by atoms with E-state index in [9.17, 15) is 8.42 Å². The van der Waals surface area contributed by atoms with Crippen LogP contribution in [-0.4, -0.2) is 20.8 Å². The summed E-state index contributed by atoms with van der Waals surface area (Å²) in [5.41, 5.74) is 9.31. The van der Waals surface area contributed by atoms with E-state index in [1.807, 2.05) is 48.5 Å². The van der Waals surface area contributed by atoms with Crippen molar-refractivity contribution in [2.75, 3.05) is 10.9 Å². The van der Waals surface area contributed by atoms with Crippen LogP contribution in [0.2, 0.25) is 0 Å². The fourth-order valence-electron chi connectivity index (χ4n) is 4.63. The molecule has 0 atom stereocenters. The highest BCUT2D eigenvalue weighted by atomic mass is 32.2. The highest BCUT2D eigenvalue weighted by Crippen LogP contribution is 2.24. The molecule has 0 aliphatic heterocycles. The second-order valence-electron chi connectivity index (χ2n) is 9.43. The van der Waals surface area contributed by atoms with Crippen LogP contribution in [0.15, 0.2) is 153 Å². The van der Waals surface area contributed by atoms with Crippen molar-refractivity contribution >= 4 is 55.2 Å². The molecule has 0 saturated heterocycles. The van der Waals surface area contributed by atoms with Gasteiger partial charge in [-0.2, -0.15) is 10.2 Å². The van der Waals surface area contributed by atoms with Crippen LogP contribution in [-0.2, 0) is 9.84 Å². The maximum atomic E-state index is 13.2. The highest BCUT2D eigenvalue weighted by molar-refractivity contribution is 7.91. The standard InChI is InChI=1S/C34H26N4O2S/c39-41(40,31-19-15-29(16-20-31)37-35-23-27-11-5-9-25-7-1-3-13-33(25)27)32-21-17-30(18-22-32)38-36-24-28-12-6-10-26-8-2-4-14-34(26)28/h1-24,37-38H/b35-23+,36-24?. The first-order valence-corrected chi connectivity index (χ1v) is 14.6. The molecule has 0 aromatic heterocycles. The lowest BCUT2D eigenvalue weighted by atomic mass is 10.1. The second-order valence-corrected chi connectivity index (χ2v) is 11.4. The second kappa shape index (κ2) is 11.5. The van der Waals surface area contributed by atoms with Crippen LogP contribution in [0, 0.1) is 0 Å². The number of rotatable bonds is 8. The average molecular weight is 555 g/mol. The van der Waals surface area contributed by atoms with E-state index in [-0.39, 0.29) is 9.79 Å². The van der Waals surface area contributed by atoms with Gasteiger partial charge in [-0.15, -0.1) is 0 Å². The SMILES string of the molecule is O=S(=O)(c1ccc(NN=Cc2cccc3ccccc23)cc1)c1ccc(N/N=C/c2cccc3ccccc23)cc1. The fourth-order valence-corrected chi connectivity index (χ4v) is 5.89. The van der Waals surface area contributed by atoms with Crippen LogP contribution in [0.1, 0.15) is 11.1 Å². The zero-order chi connectivity index (χ0) is 28.1. The van der Waals surface area contributed by atoms with Crippen molar-refractivity contribution in [1.82, 2.24) is 0 Å². The summed E-state index contributed by atoms with van der Waals surface area (Å²) in [6.07, 6.45) is 3.52. The predicted molar refractivity (Wildman–Crippen MR) is 169 cm³/mol. The lowest BCUT2D eigenvalue weighted by Gasteiger charge is -2.07. The Balaban J connectivity index is 1.10. The number of nitrogens with one attached hydrogen (secondary N) is 2. The summed E-state index contributed by atoms with van der Waals surface area (Å²) >= 11 is 0. The first kappa shape index (κ1) is 26.0. The Kier molecular flexibility index (Phi) is 7.26. The Morgan fingerprint density at radius 1 is 0.463 bits per heavy atom. The van der Waals surface area contributed by atoms with Gasteiger partial charge in [0.25, 0.3) is 0 Å². The lowest BCUT2D eigenvalue weighted by Crippen LogP contribution is -2.02. The van der Waals surface area contributed by atoms with E-state index in [1.54, 1.807) is 61.0 Å². The van der Waals surface area contributed by atoms with Crippen LogP contribution in [0.5, 0.6) is 0 Å². The monoisotopic (exact) mass is 554 g/mol. The fraction of sp³-hybridized carbons (Fsp3) is 0. The van der Waals surface area contributed by atoms with Crippen LogP contribution >= 0.6 is 0 Å². The van der Waals surface area contributed by atoms with Crippen molar-refractivity contribution in [2.24, 2.45) is 10.2 Å². The number of anilines is 2. The van der Waals surface area contributed by atoms with Gasteiger partial charge in [-0.3, -0.25) is 10.9 Å². The van der Waals surface area contributed by atoms with Gasteiger partial charge < -0.3 is 0 Å². The normalized spacial score (nSPS) is 11.9. The summed E-state index contributed by atoms with van der Waals surface area (Å²) in [7, 11) is -3.68. The molecule has 0 unspecified atom stereocenters. The third-order valence-corrected chi connectivity index (χ3v) is 8.56. The topological polar surface area (TPSA) is 82.9 Å². The third-order valence-electron chi connectivity index (χ3n) is 6.77. The summed E-state index contributed by atoms with van der Waals surface area (Å²) < 4.78 is 26.4. The number of benzene rings is 6. The zero-order valence-electron chi connectivity index (χ0n) is 22.0. The minimum absolute atomic E-state index is 0.204. The average Bonchev–Trinajstić information content (AvgIpc) is 3.02. The molecule has 0 radical (unpaired) electrons. The van der Waals surface area contributed by atoms with Gasteiger partial charge in [0.2, 0.25) is 9.84 Å². The van der Waals surface area contributed by atoms with E-state index in [1.165, 1.54) is 0 Å². The van der Waals surface area contributed by atoms with Crippen molar-refractivity contribution in [1.29, 1.82) is 0 Å². The summed E-state index contributed by atoms with van der Waals surface area (Å²) in [5.74, 6) is 0. The molecule has 0 spiro atoms. The van der Waals surface area contributed by atoms with Gasteiger partial charge in [-0.05, 0) is 70.1 Å². The molecule has 2 N–H and O–H groups in total. The third kappa shape index (κ3) is 5.71. The molecular formula is C34H26N4O2S. The molecule has 6 aromatic rings. The molecule has 0 fully saturated rings. The van der Waals surface area contributed by atoms with Crippen molar-refractivity contribution in [3.8, 4) is 0 Å². The molecule has 6 nitrogen and oxygen atoms in total. The van der Waals surface area contributed by atoms with Crippen molar-refractivity contribution in [3.63, 3.8) is 0 Å². The quantitative estimate of drug-likeness (QED) is 0.149. The Morgan fingerprint density at radius 3 is 1.29 bits per heavy atom. The molecular weight excluding hydrogens is 528 g/mol. The zero-order valence-corrected chi connectivity index (χ0v) is 22.8. The van der Waals surface area contributed by atoms with Gasteiger partial charge >= 0.3 is 0 Å². The van der Waals surface area contributed by atoms with E-state index in [0.29, 0.717) is 11.4 Å². The molecule has 0 amide bonds. The molecule has 0 saturated carbocycles. The Hall–Kier alpha value is -5.27. The van der Waals surface area contributed by atoms with E-state index in [2.05, 4.69) is 57.5 Å². The van der Waals surface area contributed by atoms with Crippen molar-refractivity contribution < 1.29 is 8.42 Å². The van der Waals surface area contributed by atoms with Crippen LogP contribution in [0.3, 0.4) is 0 Å². The Morgan fingerprint density at radius 2 is 0.854 bits per heavy atom. The number of sulfone groups is 1. The van der Waals surface area contributed by atoms with Crippen molar-refractivity contribution in [2.45, 2.75) is 9.79 Å². The van der Waals surface area contributed by atoms with Gasteiger partial charge in [0.05, 0.1) is 33.6 Å². The molecule has 7 heteroatoms. The maximum absolute atomic E-state index is 13.2. The molecule has 0 aliphatic carbocycles. The first-order valence-electron chi connectivity index (χ1n) is 13.1. The minimum atomic E-state index is -3.68. The molecule has 6 rings (SSSR count). The molecule has 0 aliphatic rings. The number of hydrogen-bond acceptors (Lipinski definition) is 6. The smallest absolute Gasteiger partial charge is 0.206 e. The molecule has 41 heavy (non-hydrogen) atoms. The van der Waals surface area contributed by atoms with Crippen LogP contribution in [0.25, 0.3) is 21.5 Å². The predicted octanol–water partition coefficient (Wildman–Crippen LogP) is 7.72. The Bertz CT molecular complexity index is 1850. The van der Waals surface area contributed by atoms with E-state index < -0.39 is 9.84 Å². The highest BCUT2D eigenvalue weighted by Gasteiger charge is 2.17. The van der Waals surface area contributed by atoms with Crippen molar-refractivity contribution in [3.05, 3.63) is 145 Å². The lowest BCUT2D eigenvalue weighted by molar-refractivity contribution is 0.596. The van der Waals surface area contributed by atoms with E-state index in [0.717, 1.165) is 32.7 Å². The number of fused-ring (bicyclic) bond motifs is 2. The summed E-state index contributed by atoms with van der Waals surface area (Å²) in [4.78, 5) is 0.409. The molecule has 0 bridgehead atoms. The molecule has 6 aromatic carbocycles. The summed E-state index contributed by atoms with van der Waals surface area (Å²) in [5, 5.41) is 13.2. The summed E-state index contributed by atoms with van der Waals surface area (Å²) in [6, 6.07) is 41.4. The number of hydrazone groups is 2. The van der Waals surface area contributed by atoms with Gasteiger partial charge in [0, 0.05) is 11.1 Å². The van der Waals surface area contributed by atoms with Gasteiger partial charge in [-0.25, -0.2) is 8.42 Å². The van der Waals surface area contributed by atoms with Crippen LogP contribution in [0.4, 0.5) is 11.4 Å². The number of hydrogen-bond donors (Lipinski definition) is 2. The van der Waals surface area contributed by atoms with Crippen LogP contribution < -0.4 is 10.9 Å². The largest absolute Gasteiger partial charge is 0.279 e. The summed E-state index contributed by atoms with van der Waals surface area (Å²) in [6.45, 7) is 0. The first-order chi connectivity index (χ1) is 20.1.